The van der Waals surface area contributed by atoms with Crippen LogP contribution in [0.1, 0.15) is 44.2 Å². The summed E-state index contributed by atoms with van der Waals surface area (Å²) in [6, 6.07) is 18.1. The third kappa shape index (κ3) is 5.44. The first-order valence-corrected chi connectivity index (χ1v) is 12.0. The smallest absolute Gasteiger partial charge is 0.241 e. The molecule has 0 aromatic heterocycles. The highest BCUT2D eigenvalue weighted by Gasteiger charge is 2.48. The Morgan fingerprint density at radius 2 is 1.72 bits per heavy atom. The van der Waals surface area contributed by atoms with Gasteiger partial charge in [-0.1, -0.05) is 72.4 Å². The van der Waals surface area contributed by atoms with Crippen LogP contribution in [0.5, 0.6) is 0 Å². The molecule has 0 aliphatic carbocycles. The summed E-state index contributed by atoms with van der Waals surface area (Å²) in [6.45, 7) is 4.91. The number of nitrogens with one attached hydrogen (secondary N) is 2. The molecule has 1 aliphatic rings. The Bertz CT molecular complexity index is 1020. The predicted octanol–water partition coefficient (Wildman–Crippen LogP) is 2.79. The molecule has 4 unspecified atom stereocenters. The maximum absolute atomic E-state index is 12.9. The topological polar surface area (TPSA) is 114 Å². The Hall–Kier alpha value is -2.53. The summed E-state index contributed by atoms with van der Waals surface area (Å²) >= 11 is -1.23. The van der Waals surface area contributed by atoms with Gasteiger partial charge in [0.25, 0.3) is 0 Å². The van der Waals surface area contributed by atoms with Gasteiger partial charge < -0.3 is 9.87 Å². The van der Waals surface area contributed by atoms with Crippen LogP contribution in [0.3, 0.4) is 0 Å². The first kappa shape index (κ1) is 24.1. The average Bonchev–Trinajstić information content (AvgIpc) is 3.12. The molecule has 1 heterocycles. The van der Waals surface area contributed by atoms with Crippen molar-refractivity contribution in [3.8, 4) is 0 Å². The van der Waals surface area contributed by atoms with Crippen LogP contribution in [0.15, 0.2) is 65.8 Å². The molecule has 2 aromatic rings. The fourth-order valence-electron chi connectivity index (χ4n) is 3.62. The van der Waals surface area contributed by atoms with Crippen LogP contribution >= 0.6 is 11.8 Å². The summed E-state index contributed by atoms with van der Waals surface area (Å²) in [5, 5.41) is 8.86. The minimum Gasteiger partial charge on any atom is -0.760 e. The molecule has 10 heteroatoms. The molecule has 4 atom stereocenters. The van der Waals surface area contributed by atoms with Crippen molar-refractivity contribution in [3.63, 3.8) is 0 Å². The van der Waals surface area contributed by atoms with Crippen LogP contribution in [0.2, 0.25) is 0 Å². The molecule has 1 aliphatic heterocycles. The van der Waals surface area contributed by atoms with Gasteiger partial charge in [0.2, 0.25) is 11.8 Å². The normalized spacial score (nSPS) is 20.9. The molecule has 170 valence electrons. The first-order valence-electron chi connectivity index (χ1n) is 10.1. The van der Waals surface area contributed by atoms with E-state index in [-0.39, 0.29) is 23.4 Å². The third-order valence-electron chi connectivity index (χ3n) is 5.12. The number of thioether (sulfide) groups is 1. The van der Waals surface area contributed by atoms with Gasteiger partial charge in [-0.3, -0.25) is 13.8 Å². The largest absolute Gasteiger partial charge is 0.760 e. The minimum atomic E-state index is -2.46. The van der Waals surface area contributed by atoms with E-state index < -0.39 is 28.1 Å². The molecular formula is C22H25N4O4S2-. The second-order valence-corrected chi connectivity index (χ2v) is 9.54. The average molecular weight is 474 g/mol. The van der Waals surface area contributed by atoms with Gasteiger partial charge in [-0.15, -0.1) is 5.10 Å². The fraction of sp³-hybridized carbons (Fsp3) is 0.318. The number of hydrogen-bond acceptors (Lipinski definition) is 6. The van der Waals surface area contributed by atoms with E-state index in [2.05, 4.69) is 15.1 Å². The van der Waals surface area contributed by atoms with E-state index in [1.165, 1.54) is 23.7 Å². The Labute approximate surface area is 194 Å². The molecule has 32 heavy (non-hydrogen) atoms. The van der Waals surface area contributed by atoms with E-state index in [1.54, 1.807) is 13.8 Å². The zero-order valence-electron chi connectivity index (χ0n) is 18.0. The lowest BCUT2D eigenvalue weighted by Crippen LogP contribution is -2.45. The van der Waals surface area contributed by atoms with Crippen LogP contribution in [0, 0.1) is 0 Å². The van der Waals surface area contributed by atoms with Crippen LogP contribution in [0.25, 0.3) is 0 Å². The molecule has 2 amide bonds. The van der Waals surface area contributed by atoms with Gasteiger partial charge >= 0.3 is 0 Å². The van der Waals surface area contributed by atoms with E-state index in [9.17, 15) is 18.4 Å². The Morgan fingerprint density at radius 1 is 1.12 bits per heavy atom. The van der Waals surface area contributed by atoms with Crippen LogP contribution in [-0.4, -0.2) is 36.8 Å². The minimum absolute atomic E-state index is 0.242. The van der Waals surface area contributed by atoms with Crippen LogP contribution < -0.4 is 10.0 Å². The summed E-state index contributed by atoms with van der Waals surface area (Å²) in [5.41, 5.74) is 1.64. The molecule has 0 radical (unpaired) electrons. The lowest BCUT2D eigenvalue weighted by Gasteiger charge is -2.37. The molecule has 0 fully saturated rings. The van der Waals surface area contributed by atoms with Crippen molar-refractivity contribution in [2.75, 3.05) is 0 Å². The molecule has 0 saturated carbocycles. The van der Waals surface area contributed by atoms with Gasteiger partial charge in [0, 0.05) is 30.7 Å². The quantitative estimate of drug-likeness (QED) is 0.600. The van der Waals surface area contributed by atoms with Crippen molar-refractivity contribution in [1.29, 1.82) is 0 Å². The Balaban J connectivity index is 1.90. The number of amidine groups is 1. The van der Waals surface area contributed by atoms with Gasteiger partial charge in [-0.25, -0.2) is 9.73 Å². The van der Waals surface area contributed by atoms with Gasteiger partial charge in [-0.2, -0.15) is 0 Å². The summed E-state index contributed by atoms with van der Waals surface area (Å²) in [6.07, 6.45) is 0.242. The zero-order valence-corrected chi connectivity index (χ0v) is 19.6. The van der Waals surface area contributed by atoms with E-state index in [1.807, 2.05) is 60.7 Å². The van der Waals surface area contributed by atoms with Gasteiger partial charge in [-0.05, 0) is 25.0 Å². The van der Waals surface area contributed by atoms with Crippen molar-refractivity contribution in [2.24, 2.45) is 5.10 Å². The maximum Gasteiger partial charge on any atom is 0.241 e. The van der Waals surface area contributed by atoms with Crippen molar-refractivity contribution >= 4 is 40.0 Å². The number of carbonyl (C=O) groups is 2. The number of benzene rings is 2. The van der Waals surface area contributed by atoms with Gasteiger partial charge in [0.1, 0.15) is 4.87 Å². The predicted molar refractivity (Wildman–Crippen MR) is 125 cm³/mol. The molecule has 0 bridgehead atoms. The number of rotatable bonds is 7. The van der Waals surface area contributed by atoms with E-state index in [4.69, 9.17) is 0 Å². The maximum atomic E-state index is 12.9. The highest BCUT2D eigenvalue weighted by molar-refractivity contribution is 8.14. The zero-order chi connectivity index (χ0) is 23.3. The summed E-state index contributed by atoms with van der Waals surface area (Å²) in [4.78, 5) is 24.4. The first-order chi connectivity index (χ1) is 15.2. The molecule has 2 N–H and O–H groups in total. The van der Waals surface area contributed by atoms with E-state index in [0.29, 0.717) is 0 Å². The lowest BCUT2D eigenvalue weighted by atomic mass is 9.98. The fourth-order valence-corrected chi connectivity index (χ4v) is 5.47. The monoisotopic (exact) mass is 473 g/mol. The Kier molecular flexibility index (Phi) is 7.83. The lowest BCUT2D eigenvalue weighted by molar-refractivity contribution is -0.132. The Morgan fingerprint density at radius 3 is 2.28 bits per heavy atom. The van der Waals surface area contributed by atoms with E-state index in [0.717, 1.165) is 11.1 Å². The second kappa shape index (κ2) is 10.4. The number of hydrazone groups is 1. The third-order valence-corrected chi connectivity index (χ3v) is 7.01. The number of hydrogen-bond donors (Lipinski definition) is 2. The molecule has 0 spiro atoms. The number of amides is 2. The van der Waals surface area contributed by atoms with E-state index >= 15 is 0 Å². The highest BCUT2D eigenvalue weighted by Crippen LogP contribution is 2.48. The summed E-state index contributed by atoms with van der Waals surface area (Å²) in [5.74, 6) is -0.987. The molecular weight excluding hydrogens is 448 g/mol. The molecule has 0 saturated heterocycles. The second-order valence-electron chi connectivity index (χ2n) is 7.57. The number of carbonyl (C=O) groups excluding carboxylic acids is 2. The van der Waals surface area contributed by atoms with Crippen molar-refractivity contribution < 1.29 is 18.4 Å². The molecule has 2 aromatic carbocycles. The number of nitrogens with zero attached hydrogens (tertiary/aromatic N) is 2. The van der Waals surface area contributed by atoms with Crippen molar-refractivity contribution in [2.45, 2.75) is 44.0 Å². The standard InChI is InChI=1S/C22H26N4O4S2/c1-15(25-32(29)30)14-22(19-12-8-5-9-13-19)26(17(3)27)24-21(31-22)23-20(28)16(2)18-10-6-4-7-11-18/h4-13,15-16,25H,14H2,1-3H3,(H,29,30)(H,23,24,28)/p-1. The van der Waals surface area contributed by atoms with Gasteiger partial charge in [0.15, 0.2) is 5.17 Å². The van der Waals surface area contributed by atoms with Crippen LogP contribution in [0.4, 0.5) is 0 Å². The SMILES string of the molecule is CC(=O)N1N=C(NC(=O)C(C)c2ccccc2)SC1(CC(C)NS(=O)[O-])c1ccccc1. The summed E-state index contributed by atoms with van der Waals surface area (Å²) in [7, 11) is 0. The molecule has 8 nitrogen and oxygen atoms in total. The van der Waals surface area contributed by atoms with Crippen molar-refractivity contribution in [1.82, 2.24) is 15.0 Å². The molecule has 3 rings (SSSR count). The summed E-state index contributed by atoms with van der Waals surface area (Å²) < 4.78 is 24.8. The van der Waals surface area contributed by atoms with Crippen molar-refractivity contribution in [3.05, 3.63) is 71.8 Å². The van der Waals surface area contributed by atoms with Crippen LogP contribution in [-0.2, 0) is 25.7 Å². The van der Waals surface area contributed by atoms with Gasteiger partial charge in [0.05, 0.1) is 5.92 Å². The highest BCUT2D eigenvalue weighted by atomic mass is 32.2.